The molecule has 2 aromatic carbocycles. The number of rotatable bonds is 5. The van der Waals surface area contributed by atoms with Gasteiger partial charge in [-0.15, -0.1) is 0 Å². The van der Waals surface area contributed by atoms with Crippen molar-refractivity contribution < 1.29 is 9.59 Å². The molecule has 2 aromatic heterocycles. The number of aryl methyl sites for hydroxylation is 1. The number of aromatic nitrogens is 2. The second-order valence-corrected chi connectivity index (χ2v) is 8.81. The fourth-order valence-corrected chi connectivity index (χ4v) is 4.97. The van der Waals surface area contributed by atoms with Crippen molar-refractivity contribution in [3.8, 4) is 0 Å². The lowest BCUT2D eigenvalue weighted by Gasteiger charge is -2.22. The monoisotopic (exact) mass is 442 g/mol. The van der Waals surface area contributed by atoms with Crippen LogP contribution in [-0.4, -0.2) is 34.9 Å². The number of amides is 2. The van der Waals surface area contributed by atoms with Crippen LogP contribution in [0.5, 0.6) is 0 Å². The summed E-state index contributed by atoms with van der Waals surface area (Å²) in [7, 11) is 0. The second-order valence-electron chi connectivity index (χ2n) is 7.78. The molecule has 0 saturated heterocycles. The van der Waals surface area contributed by atoms with Crippen LogP contribution in [0.4, 0.5) is 5.69 Å². The molecular formula is C25H22N4O2S. The molecule has 0 unspecified atom stereocenters. The number of H-pyrrole nitrogens is 1. The Morgan fingerprint density at radius 2 is 2.03 bits per heavy atom. The fraction of sp³-hybridized carbons (Fsp3) is 0.160. The smallest absolute Gasteiger partial charge is 0.261 e. The first-order chi connectivity index (χ1) is 15.6. The SMILES string of the molecule is Cc1ccc2[nH]cc(CCNC(=O)CN3C(=O)c4cccnc4Sc4ccccc43)c2c1. The molecular weight excluding hydrogens is 420 g/mol. The summed E-state index contributed by atoms with van der Waals surface area (Å²) in [5, 5.41) is 4.81. The zero-order valence-corrected chi connectivity index (χ0v) is 18.4. The minimum atomic E-state index is -0.215. The number of pyridine rings is 1. The van der Waals surface area contributed by atoms with E-state index in [1.807, 2.05) is 30.5 Å². The van der Waals surface area contributed by atoms with Gasteiger partial charge in [-0.3, -0.25) is 14.5 Å². The fourth-order valence-electron chi connectivity index (χ4n) is 3.95. The van der Waals surface area contributed by atoms with Gasteiger partial charge in [0.15, 0.2) is 0 Å². The third kappa shape index (κ3) is 3.87. The highest BCUT2D eigenvalue weighted by molar-refractivity contribution is 7.99. The van der Waals surface area contributed by atoms with Crippen molar-refractivity contribution in [1.29, 1.82) is 0 Å². The molecule has 6 nitrogen and oxygen atoms in total. The van der Waals surface area contributed by atoms with E-state index in [0.29, 0.717) is 23.6 Å². The number of aromatic amines is 1. The summed E-state index contributed by atoms with van der Waals surface area (Å²) in [4.78, 5) is 36.2. The van der Waals surface area contributed by atoms with Crippen molar-refractivity contribution in [2.75, 3.05) is 18.0 Å². The van der Waals surface area contributed by atoms with Gasteiger partial charge in [0.05, 0.1) is 11.3 Å². The van der Waals surface area contributed by atoms with Crippen molar-refractivity contribution in [2.45, 2.75) is 23.3 Å². The molecule has 1 aliphatic heterocycles. The molecule has 7 heteroatoms. The Morgan fingerprint density at radius 3 is 2.94 bits per heavy atom. The Morgan fingerprint density at radius 1 is 1.16 bits per heavy atom. The number of fused-ring (bicyclic) bond motifs is 3. The molecule has 0 radical (unpaired) electrons. The number of carbonyl (C=O) groups is 2. The molecule has 0 fully saturated rings. The summed E-state index contributed by atoms with van der Waals surface area (Å²) < 4.78 is 0. The summed E-state index contributed by atoms with van der Waals surface area (Å²) in [6.45, 7) is 2.52. The average molecular weight is 443 g/mol. The van der Waals surface area contributed by atoms with E-state index in [0.717, 1.165) is 21.7 Å². The maximum absolute atomic E-state index is 13.3. The summed E-state index contributed by atoms with van der Waals surface area (Å²) in [6, 6.07) is 17.4. The van der Waals surface area contributed by atoms with Crippen LogP contribution in [-0.2, 0) is 11.2 Å². The van der Waals surface area contributed by atoms with Gasteiger partial charge in [-0.2, -0.15) is 0 Å². The van der Waals surface area contributed by atoms with E-state index in [1.54, 1.807) is 23.2 Å². The lowest BCUT2D eigenvalue weighted by Crippen LogP contribution is -2.41. The Kier molecular flexibility index (Phi) is 5.41. The van der Waals surface area contributed by atoms with Crippen LogP contribution in [0.1, 0.15) is 21.5 Å². The van der Waals surface area contributed by atoms with Gasteiger partial charge in [-0.1, -0.05) is 35.5 Å². The standard InChI is InChI=1S/C25H22N4O2S/c1-16-8-9-20-19(13-16)17(14-28-20)10-12-26-23(30)15-29-21-6-2-3-7-22(21)32-24-18(25(29)31)5-4-11-27-24/h2-9,11,13-14,28H,10,12,15H2,1H3,(H,26,30). The van der Waals surface area contributed by atoms with Crippen molar-refractivity contribution in [2.24, 2.45) is 0 Å². The largest absolute Gasteiger partial charge is 0.361 e. The highest BCUT2D eigenvalue weighted by Crippen LogP contribution is 2.39. The number of benzene rings is 2. The first-order valence-electron chi connectivity index (χ1n) is 10.5. The maximum Gasteiger partial charge on any atom is 0.261 e. The van der Waals surface area contributed by atoms with Crippen molar-refractivity contribution in [1.82, 2.24) is 15.3 Å². The highest BCUT2D eigenvalue weighted by atomic mass is 32.2. The van der Waals surface area contributed by atoms with E-state index in [-0.39, 0.29) is 18.4 Å². The molecule has 0 saturated carbocycles. The number of hydrogen-bond donors (Lipinski definition) is 2. The molecule has 4 aromatic rings. The molecule has 0 aliphatic carbocycles. The minimum Gasteiger partial charge on any atom is -0.361 e. The van der Waals surface area contributed by atoms with Gasteiger partial charge in [-0.05, 0) is 55.3 Å². The van der Waals surface area contributed by atoms with Gasteiger partial charge in [0.1, 0.15) is 11.6 Å². The summed E-state index contributed by atoms with van der Waals surface area (Å²) in [5.41, 5.74) is 4.69. The van der Waals surface area contributed by atoms with Crippen LogP contribution in [0.15, 0.2) is 76.9 Å². The zero-order chi connectivity index (χ0) is 22.1. The van der Waals surface area contributed by atoms with Crippen molar-refractivity contribution >= 4 is 40.2 Å². The third-order valence-electron chi connectivity index (χ3n) is 5.55. The Hall–Kier alpha value is -3.58. The van der Waals surface area contributed by atoms with Gasteiger partial charge < -0.3 is 10.3 Å². The molecule has 160 valence electrons. The molecule has 32 heavy (non-hydrogen) atoms. The van der Waals surface area contributed by atoms with E-state index >= 15 is 0 Å². The zero-order valence-electron chi connectivity index (χ0n) is 17.6. The third-order valence-corrected chi connectivity index (χ3v) is 6.63. The summed E-state index contributed by atoms with van der Waals surface area (Å²) in [6.07, 6.45) is 4.38. The predicted molar refractivity (Wildman–Crippen MR) is 126 cm³/mol. The molecule has 0 bridgehead atoms. The normalized spacial score (nSPS) is 12.9. The number of nitrogens with one attached hydrogen (secondary N) is 2. The van der Waals surface area contributed by atoms with Crippen LogP contribution in [0.3, 0.4) is 0 Å². The highest BCUT2D eigenvalue weighted by Gasteiger charge is 2.29. The lowest BCUT2D eigenvalue weighted by atomic mass is 10.1. The molecule has 3 heterocycles. The first-order valence-corrected chi connectivity index (χ1v) is 11.3. The molecule has 5 rings (SSSR count). The van der Waals surface area contributed by atoms with E-state index in [2.05, 4.69) is 40.4 Å². The van der Waals surface area contributed by atoms with E-state index < -0.39 is 0 Å². The van der Waals surface area contributed by atoms with Gasteiger partial charge in [0.25, 0.3) is 5.91 Å². The van der Waals surface area contributed by atoms with Crippen LogP contribution in [0.25, 0.3) is 10.9 Å². The number of anilines is 1. The van der Waals surface area contributed by atoms with Gasteiger partial charge in [0.2, 0.25) is 5.91 Å². The number of nitrogens with zero attached hydrogens (tertiary/aromatic N) is 2. The van der Waals surface area contributed by atoms with Crippen molar-refractivity contribution in [3.05, 3.63) is 83.7 Å². The van der Waals surface area contributed by atoms with E-state index in [9.17, 15) is 9.59 Å². The number of hydrogen-bond acceptors (Lipinski definition) is 4. The topological polar surface area (TPSA) is 78.1 Å². The van der Waals surface area contributed by atoms with Crippen LogP contribution >= 0.6 is 11.8 Å². The maximum atomic E-state index is 13.3. The Bertz CT molecular complexity index is 1330. The molecule has 2 N–H and O–H groups in total. The van der Waals surface area contributed by atoms with E-state index in [1.165, 1.54) is 22.7 Å². The lowest BCUT2D eigenvalue weighted by molar-refractivity contribution is -0.119. The van der Waals surface area contributed by atoms with Crippen LogP contribution in [0.2, 0.25) is 0 Å². The first kappa shape index (κ1) is 20.3. The second kappa shape index (κ2) is 8.51. The van der Waals surface area contributed by atoms with Crippen molar-refractivity contribution in [3.63, 3.8) is 0 Å². The molecule has 0 spiro atoms. The Balaban J connectivity index is 1.31. The number of para-hydroxylation sites is 1. The van der Waals surface area contributed by atoms with Gasteiger partial charge in [0, 0.05) is 34.7 Å². The van der Waals surface area contributed by atoms with Crippen LogP contribution in [0, 0.1) is 6.92 Å². The quantitative estimate of drug-likeness (QED) is 0.482. The van der Waals surface area contributed by atoms with Gasteiger partial charge in [-0.25, -0.2) is 4.98 Å². The summed E-state index contributed by atoms with van der Waals surface area (Å²) in [5.74, 6) is -0.408. The van der Waals surface area contributed by atoms with Gasteiger partial charge >= 0.3 is 0 Å². The molecule has 0 atom stereocenters. The number of carbonyl (C=O) groups excluding carboxylic acids is 2. The predicted octanol–water partition coefficient (Wildman–Crippen LogP) is 4.34. The molecule has 2 amide bonds. The van der Waals surface area contributed by atoms with Crippen LogP contribution < -0.4 is 10.2 Å². The average Bonchev–Trinajstić information content (AvgIpc) is 3.15. The minimum absolute atomic E-state index is 0.0439. The molecule has 1 aliphatic rings. The summed E-state index contributed by atoms with van der Waals surface area (Å²) >= 11 is 1.45. The van der Waals surface area contributed by atoms with E-state index in [4.69, 9.17) is 0 Å². The Labute approximate surface area is 190 Å².